The zero-order valence-electron chi connectivity index (χ0n) is 20.0. The second-order valence-electron chi connectivity index (χ2n) is 10.1. The number of carbonyl (C=O) groups is 2. The molecule has 0 spiro atoms. The summed E-state index contributed by atoms with van der Waals surface area (Å²) in [4.78, 5) is 27.1. The highest BCUT2D eigenvalue weighted by Gasteiger charge is 2.37. The van der Waals surface area contributed by atoms with E-state index in [4.69, 9.17) is 4.42 Å². The SMILES string of the molecule is Cc1ccc(-c2nnc(C3CCN(C(=O)CCCC4NC(=O)C5CCCCC5N4)CC3)o2)cc1. The van der Waals surface area contributed by atoms with Crippen LogP contribution in [0.3, 0.4) is 0 Å². The molecular formula is C26H35N5O3. The van der Waals surface area contributed by atoms with Gasteiger partial charge >= 0.3 is 0 Å². The number of piperidine rings is 1. The lowest BCUT2D eigenvalue weighted by Gasteiger charge is -2.40. The summed E-state index contributed by atoms with van der Waals surface area (Å²) in [6.07, 6.45) is 8.16. The number of carbonyl (C=O) groups excluding carboxylic acids is 2. The molecule has 8 nitrogen and oxygen atoms in total. The van der Waals surface area contributed by atoms with Crippen LogP contribution < -0.4 is 10.6 Å². The highest BCUT2D eigenvalue weighted by Crippen LogP contribution is 2.30. The number of hydrogen-bond acceptors (Lipinski definition) is 6. The zero-order valence-corrected chi connectivity index (χ0v) is 20.0. The Kier molecular flexibility index (Phi) is 6.94. The molecule has 1 aromatic heterocycles. The van der Waals surface area contributed by atoms with Crippen molar-refractivity contribution in [2.75, 3.05) is 13.1 Å². The van der Waals surface area contributed by atoms with Crippen LogP contribution in [0.2, 0.25) is 0 Å². The molecular weight excluding hydrogens is 430 g/mol. The van der Waals surface area contributed by atoms with E-state index >= 15 is 0 Å². The topological polar surface area (TPSA) is 100 Å². The molecule has 1 aromatic carbocycles. The maximum Gasteiger partial charge on any atom is 0.247 e. The van der Waals surface area contributed by atoms with Crippen LogP contribution in [0.15, 0.2) is 28.7 Å². The maximum absolute atomic E-state index is 12.8. The maximum atomic E-state index is 12.8. The molecule has 0 bridgehead atoms. The number of aromatic nitrogens is 2. The van der Waals surface area contributed by atoms with Gasteiger partial charge in [0.25, 0.3) is 0 Å². The molecule has 3 unspecified atom stereocenters. The zero-order chi connectivity index (χ0) is 23.5. The lowest BCUT2D eigenvalue weighted by molar-refractivity contribution is -0.132. The van der Waals surface area contributed by atoms with E-state index in [2.05, 4.69) is 20.8 Å². The van der Waals surface area contributed by atoms with Gasteiger partial charge < -0.3 is 14.6 Å². The second-order valence-corrected chi connectivity index (χ2v) is 10.1. The van der Waals surface area contributed by atoms with Crippen LogP contribution in [-0.4, -0.2) is 52.2 Å². The third kappa shape index (κ3) is 5.17. The Morgan fingerprint density at radius 2 is 1.85 bits per heavy atom. The van der Waals surface area contributed by atoms with E-state index in [1.807, 2.05) is 36.1 Å². The Morgan fingerprint density at radius 1 is 1.09 bits per heavy atom. The van der Waals surface area contributed by atoms with Crippen molar-refractivity contribution in [1.29, 1.82) is 0 Å². The van der Waals surface area contributed by atoms with Crippen LogP contribution in [0, 0.1) is 12.8 Å². The number of benzene rings is 1. The minimum absolute atomic E-state index is 0.00867. The minimum atomic E-state index is -0.00867. The van der Waals surface area contributed by atoms with Crippen molar-refractivity contribution in [2.45, 2.75) is 82.8 Å². The van der Waals surface area contributed by atoms with Crippen molar-refractivity contribution in [3.05, 3.63) is 35.7 Å². The fraction of sp³-hybridized carbons (Fsp3) is 0.615. The number of hydrogen-bond donors (Lipinski definition) is 2. The Bertz CT molecular complexity index is 996. The molecule has 3 aliphatic rings. The molecule has 3 heterocycles. The van der Waals surface area contributed by atoms with E-state index in [9.17, 15) is 9.59 Å². The Morgan fingerprint density at radius 3 is 2.65 bits per heavy atom. The summed E-state index contributed by atoms with van der Waals surface area (Å²) in [5.74, 6) is 1.93. The number of nitrogens with one attached hydrogen (secondary N) is 2. The van der Waals surface area contributed by atoms with E-state index < -0.39 is 0 Å². The van der Waals surface area contributed by atoms with Crippen molar-refractivity contribution < 1.29 is 14.0 Å². The first kappa shape index (κ1) is 23.0. The predicted molar refractivity (Wildman–Crippen MR) is 128 cm³/mol. The van der Waals surface area contributed by atoms with Crippen LogP contribution in [-0.2, 0) is 9.59 Å². The van der Waals surface area contributed by atoms with Crippen LogP contribution in [0.5, 0.6) is 0 Å². The number of fused-ring (bicyclic) bond motifs is 1. The molecule has 182 valence electrons. The van der Waals surface area contributed by atoms with E-state index in [1.165, 1.54) is 12.0 Å². The summed E-state index contributed by atoms with van der Waals surface area (Å²) >= 11 is 0. The van der Waals surface area contributed by atoms with Gasteiger partial charge in [-0.2, -0.15) is 0 Å². The number of nitrogens with zero attached hydrogens (tertiary/aromatic N) is 3. The van der Waals surface area contributed by atoms with E-state index in [1.54, 1.807) is 0 Å². The van der Waals surface area contributed by atoms with Crippen LogP contribution in [0.1, 0.15) is 75.2 Å². The second kappa shape index (κ2) is 10.3. The van der Waals surface area contributed by atoms with Gasteiger partial charge in [0, 0.05) is 37.0 Å². The Hall–Kier alpha value is -2.74. The molecule has 2 aromatic rings. The summed E-state index contributed by atoms with van der Waals surface area (Å²) in [6.45, 7) is 3.48. The molecule has 2 aliphatic heterocycles. The third-order valence-electron chi connectivity index (χ3n) is 7.65. The van der Waals surface area contributed by atoms with Crippen molar-refractivity contribution >= 4 is 11.8 Å². The smallest absolute Gasteiger partial charge is 0.247 e. The highest BCUT2D eigenvalue weighted by molar-refractivity contribution is 5.80. The van der Waals surface area contributed by atoms with Gasteiger partial charge in [0.2, 0.25) is 23.6 Å². The highest BCUT2D eigenvalue weighted by atomic mass is 16.4. The van der Waals surface area contributed by atoms with Gasteiger partial charge in [0.05, 0.1) is 12.1 Å². The van der Waals surface area contributed by atoms with E-state index in [0.29, 0.717) is 37.3 Å². The number of aryl methyl sites for hydroxylation is 1. The Balaban J connectivity index is 1.05. The first-order chi connectivity index (χ1) is 16.6. The number of likely N-dealkylation sites (tertiary alicyclic amines) is 1. The largest absolute Gasteiger partial charge is 0.420 e. The van der Waals surface area contributed by atoms with Crippen LogP contribution in [0.4, 0.5) is 0 Å². The quantitative estimate of drug-likeness (QED) is 0.677. The number of amides is 2. The van der Waals surface area contributed by atoms with Crippen LogP contribution in [0.25, 0.3) is 11.5 Å². The molecule has 3 fully saturated rings. The minimum Gasteiger partial charge on any atom is -0.420 e. The van der Waals surface area contributed by atoms with Gasteiger partial charge in [-0.3, -0.25) is 14.9 Å². The molecule has 3 atom stereocenters. The average molecular weight is 466 g/mol. The van der Waals surface area contributed by atoms with Crippen molar-refractivity contribution in [1.82, 2.24) is 25.7 Å². The lowest BCUT2D eigenvalue weighted by Crippen LogP contribution is -2.62. The third-order valence-corrected chi connectivity index (χ3v) is 7.65. The summed E-state index contributed by atoms with van der Waals surface area (Å²) in [5.41, 5.74) is 2.12. The van der Waals surface area contributed by atoms with Gasteiger partial charge in [-0.05, 0) is 57.6 Å². The van der Waals surface area contributed by atoms with E-state index in [-0.39, 0.29) is 29.8 Å². The first-order valence-corrected chi connectivity index (χ1v) is 12.8. The number of rotatable bonds is 6. The summed E-state index contributed by atoms with van der Waals surface area (Å²) in [5, 5.41) is 15.2. The standard InChI is InChI=1S/C26H35N5O3/c1-17-9-11-18(12-10-17)25-29-30-26(34-25)19-13-15-31(16-14-19)23(32)8-4-7-22-27-21-6-3-2-5-20(21)24(33)28-22/h9-12,19-22,27H,2-8,13-16H2,1H3,(H,28,33). The molecule has 5 rings (SSSR count). The first-order valence-electron chi connectivity index (χ1n) is 12.8. The summed E-state index contributed by atoms with van der Waals surface area (Å²) in [7, 11) is 0. The van der Waals surface area contributed by atoms with Gasteiger partial charge in [0.1, 0.15) is 0 Å². The average Bonchev–Trinajstić information content (AvgIpc) is 3.35. The van der Waals surface area contributed by atoms with Crippen LogP contribution >= 0.6 is 0 Å². The van der Waals surface area contributed by atoms with E-state index in [0.717, 1.165) is 50.5 Å². The fourth-order valence-electron chi connectivity index (χ4n) is 5.58. The molecule has 0 radical (unpaired) electrons. The molecule has 2 saturated heterocycles. The van der Waals surface area contributed by atoms with Crippen molar-refractivity contribution in [3.63, 3.8) is 0 Å². The fourth-order valence-corrected chi connectivity index (χ4v) is 5.58. The molecule has 1 saturated carbocycles. The molecule has 1 aliphatic carbocycles. The molecule has 34 heavy (non-hydrogen) atoms. The normalized spacial score (nSPS) is 25.6. The van der Waals surface area contributed by atoms with Crippen molar-refractivity contribution in [3.8, 4) is 11.5 Å². The predicted octanol–water partition coefficient (Wildman–Crippen LogP) is 3.53. The monoisotopic (exact) mass is 465 g/mol. The van der Waals surface area contributed by atoms with Crippen molar-refractivity contribution in [2.24, 2.45) is 5.92 Å². The molecule has 8 heteroatoms. The molecule has 2 N–H and O–H groups in total. The summed E-state index contributed by atoms with van der Waals surface area (Å²) < 4.78 is 5.96. The Labute approximate surface area is 200 Å². The van der Waals surface area contributed by atoms with Gasteiger partial charge in [-0.25, -0.2) is 0 Å². The van der Waals surface area contributed by atoms with Gasteiger partial charge in [0.15, 0.2) is 0 Å². The molecule has 2 amide bonds. The summed E-state index contributed by atoms with van der Waals surface area (Å²) in [6, 6.07) is 8.37. The van der Waals surface area contributed by atoms with Gasteiger partial charge in [-0.1, -0.05) is 30.5 Å². The lowest BCUT2D eigenvalue weighted by atomic mass is 9.82. The van der Waals surface area contributed by atoms with Gasteiger partial charge in [-0.15, -0.1) is 10.2 Å².